The summed E-state index contributed by atoms with van der Waals surface area (Å²) in [5.74, 6) is -0.404. The minimum atomic E-state index is -0.404. The monoisotopic (exact) mass is 293 g/mol. The molecular weight excluding hydrogens is 277 g/mol. The van der Waals surface area contributed by atoms with Gasteiger partial charge in [0, 0.05) is 12.6 Å². The molecule has 106 valence electrons. The molecule has 0 aliphatic rings. The number of rotatable bonds is 5. The van der Waals surface area contributed by atoms with Crippen LogP contribution >= 0.6 is 11.6 Å². The number of nitrogens with one attached hydrogen (secondary N) is 1. The summed E-state index contributed by atoms with van der Waals surface area (Å²) < 4.78 is 13.1. The summed E-state index contributed by atoms with van der Waals surface area (Å²) in [5, 5.41) is 12.6. The Labute approximate surface area is 123 Å². The van der Waals surface area contributed by atoms with Gasteiger partial charge in [0.15, 0.2) is 0 Å². The highest BCUT2D eigenvalue weighted by Crippen LogP contribution is 2.21. The number of halogens is 2. The van der Waals surface area contributed by atoms with Crippen molar-refractivity contribution in [2.75, 3.05) is 0 Å². The van der Waals surface area contributed by atoms with Crippen molar-refractivity contribution in [1.82, 2.24) is 5.32 Å². The molecular formula is C16H17ClFNO. The molecule has 0 fully saturated rings. The predicted molar refractivity (Wildman–Crippen MR) is 79.0 cm³/mol. The first-order chi connectivity index (χ1) is 9.60. The van der Waals surface area contributed by atoms with E-state index in [4.69, 9.17) is 16.7 Å². The third-order valence-corrected chi connectivity index (χ3v) is 3.52. The average molecular weight is 294 g/mol. The molecule has 0 saturated carbocycles. The van der Waals surface area contributed by atoms with Crippen LogP contribution in [-0.2, 0) is 13.2 Å². The first kappa shape index (κ1) is 15.0. The molecule has 2 aromatic carbocycles. The maximum Gasteiger partial charge on any atom is 0.141 e. The topological polar surface area (TPSA) is 32.3 Å². The van der Waals surface area contributed by atoms with Crippen LogP contribution in [-0.4, -0.2) is 5.11 Å². The van der Waals surface area contributed by atoms with Gasteiger partial charge in [-0.05, 0) is 35.7 Å². The molecule has 1 atom stereocenters. The van der Waals surface area contributed by atoms with Gasteiger partial charge < -0.3 is 10.4 Å². The summed E-state index contributed by atoms with van der Waals surface area (Å²) in [6.45, 7) is 2.71. The molecule has 0 aromatic heterocycles. The van der Waals surface area contributed by atoms with E-state index in [0.29, 0.717) is 6.54 Å². The van der Waals surface area contributed by atoms with Crippen molar-refractivity contribution >= 4 is 11.6 Å². The normalized spacial score (nSPS) is 12.4. The molecule has 2 nitrogen and oxygen atoms in total. The van der Waals surface area contributed by atoms with Gasteiger partial charge in [0.2, 0.25) is 0 Å². The van der Waals surface area contributed by atoms with Crippen LogP contribution in [0.4, 0.5) is 4.39 Å². The maximum absolute atomic E-state index is 13.1. The zero-order valence-electron chi connectivity index (χ0n) is 11.2. The van der Waals surface area contributed by atoms with Crippen molar-refractivity contribution in [2.45, 2.75) is 26.1 Å². The van der Waals surface area contributed by atoms with Crippen LogP contribution in [0.25, 0.3) is 0 Å². The fraction of sp³-hybridized carbons (Fsp3) is 0.250. The second kappa shape index (κ2) is 6.84. The Morgan fingerprint density at radius 1 is 1.20 bits per heavy atom. The van der Waals surface area contributed by atoms with Gasteiger partial charge in [-0.15, -0.1) is 0 Å². The van der Waals surface area contributed by atoms with Gasteiger partial charge in [-0.1, -0.05) is 41.9 Å². The summed E-state index contributed by atoms with van der Waals surface area (Å²) in [4.78, 5) is 0. The van der Waals surface area contributed by atoms with Crippen molar-refractivity contribution in [2.24, 2.45) is 0 Å². The van der Waals surface area contributed by atoms with Crippen LogP contribution in [0.3, 0.4) is 0 Å². The molecule has 0 heterocycles. The highest BCUT2D eigenvalue weighted by molar-refractivity contribution is 6.30. The zero-order chi connectivity index (χ0) is 14.5. The predicted octanol–water partition coefficient (Wildman–Crippen LogP) is 3.82. The number of aliphatic hydroxyl groups is 1. The van der Waals surface area contributed by atoms with Gasteiger partial charge in [0.25, 0.3) is 0 Å². The van der Waals surface area contributed by atoms with Crippen molar-refractivity contribution in [3.63, 3.8) is 0 Å². The smallest absolute Gasteiger partial charge is 0.141 e. The second-order valence-electron chi connectivity index (χ2n) is 4.75. The number of hydrogen-bond donors (Lipinski definition) is 2. The average Bonchev–Trinajstić information content (AvgIpc) is 2.47. The lowest BCUT2D eigenvalue weighted by atomic mass is 10.1. The van der Waals surface area contributed by atoms with Crippen LogP contribution in [0.1, 0.15) is 29.7 Å². The minimum Gasteiger partial charge on any atom is -0.392 e. The Hall–Kier alpha value is -1.42. The summed E-state index contributed by atoms with van der Waals surface area (Å²) >= 11 is 5.78. The number of aliphatic hydroxyl groups excluding tert-OH is 1. The SMILES string of the molecule is CC(NCc1cccc(CO)c1)c1ccc(F)c(Cl)c1. The molecule has 0 bridgehead atoms. The van der Waals surface area contributed by atoms with Gasteiger partial charge in [0.05, 0.1) is 11.6 Å². The molecule has 0 amide bonds. The highest BCUT2D eigenvalue weighted by Gasteiger charge is 2.08. The lowest BCUT2D eigenvalue weighted by molar-refractivity contribution is 0.281. The van der Waals surface area contributed by atoms with E-state index in [1.54, 1.807) is 12.1 Å². The van der Waals surface area contributed by atoms with Gasteiger partial charge in [-0.25, -0.2) is 4.39 Å². The summed E-state index contributed by atoms with van der Waals surface area (Å²) in [6.07, 6.45) is 0. The lowest BCUT2D eigenvalue weighted by Gasteiger charge is -2.15. The van der Waals surface area contributed by atoms with E-state index < -0.39 is 5.82 Å². The Kier molecular flexibility index (Phi) is 5.12. The van der Waals surface area contributed by atoms with Gasteiger partial charge >= 0.3 is 0 Å². The lowest BCUT2D eigenvalue weighted by Crippen LogP contribution is -2.18. The molecule has 2 rings (SSSR count). The van der Waals surface area contributed by atoms with E-state index in [1.165, 1.54) is 6.07 Å². The van der Waals surface area contributed by atoms with Crippen LogP contribution in [0.2, 0.25) is 5.02 Å². The number of benzene rings is 2. The molecule has 0 saturated heterocycles. The van der Waals surface area contributed by atoms with Gasteiger partial charge in [0.1, 0.15) is 5.82 Å². The van der Waals surface area contributed by atoms with E-state index >= 15 is 0 Å². The third kappa shape index (κ3) is 3.79. The molecule has 2 N–H and O–H groups in total. The van der Waals surface area contributed by atoms with Gasteiger partial charge in [-0.2, -0.15) is 0 Å². The summed E-state index contributed by atoms with van der Waals surface area (Å²) in [5.41, 5.74) is 2.92. The first-order valence-electron chi connectivity index (χ1n) is 6.47. The van der Waals surface area contributed by atoms with E-state index in [1.807, 2.05) is 31.2 Å². The molecule has 4 heteroatoms. The minimum absolute atomic E-state index is 0.0387. The highest BCUT2D eigenvalue weighted by atomic mass is 35.5. The van der Waals surface area contributed by atoms with Crippen molar-refractivity contribution in [3.05, 3.63) is 70.0 Å². The second-order valence-corrected chi connectivity index (χ2v) is 5.16. The van der Waals surface area contributed by atoms with Crippen LogP contribution in [0.15, 0.2) is 42.5 Å². The van der Waals surface area contributed by atoms with E-state index in [2.05, 4.69) is 5.32 Å². The van der Waals surface area contributed by atoms with Crippen LogP contribution in [0.5, 0.6) is 0 Å². The molecule has 0 aliphatic carbocycles. The molecule has 1 unspecified atom stereocenters. The summed E-state index contributed by atoms with van der Waals surface area (Å²) in [6, 6.07) is 12.6. The Morgan fingerprint density at radius 3 is 2.65 bits per heavy atom. The first-order valence-corrected chi connectivity index (χ1v) is 6.85. The Balaban J connectivity index is 2.00. The fourth-order valence-electron chi connectivity index (χ4n) is 2.01. The van der Waals surface area contributed by atoms with Crippen molar-refractivity contribution in [3.8, 4) is 0 Å². The number of hydrogen-bond acceptors (Lipinski definition) is 2. The van der Waals surface area contributed by atoms with E-state index in [0.717, 1.165) is 16.7 Å². The zero-order valence-corrected chi connectivity index (χ0v) is 12.0. The molecule has 0 radical (unpaired) electrons. The quantitative estimate of drug-likeness (QED) is 0.878. The van der Waals surface area contributed by atoms with E-state index in [9.17, 15) is 4.39 Å². The maximum atomic E-state index is 13.1. The Bertz CT molecular complexity index is 588. The molecule has 0 aliphatic heterocycles. The van der Waals surface area contributed by atoms with Gasteiger partial charge in [-0.3, -0.25) is 0 Å². The largest absolute Gasteiger partial charge is 0.392 e. The van der Waals surface area contributed by atoms with Crippen LogP contribution in [0, 0.1) is 5.82 Å². The van der Waals surface area contributed by atoms with Crippen molar-refractivity contribution in [1.29, 1.82) is 0 Å². The molecule has 20 heavy (non-hydrogen) atoms. The fourth-order valence-corrected chi connectivity index (χ4v) is 2.20. The molecule has 2 aromatic rings. The summed E-state index contributed by atoms with van der Waals surface area (Å²) in [7, 11) is 0. The van der Waals surface area contributed by atoms with Crippen molar-refractivity contribution < 1.29 is 9.50 Å². The molecule has 0 spiro atoms. The standard InChI is InChI=1S/C16H17ClFNO/c1-11(14-5-6-16(18)15(17)8-14)19-9-12-3-2-4-13(7-12)10-20/h2-8,11,19-20H,9-10H2,1H3. The third-order valence-electron chi connectivity index (χ3n) is 3.23. The van der Waals surface area contributed by atoms with Crippen LogP contribution < -0.4 is 5.32 Å². The van der Waals surface area contributed by atoms with E-state index in [-0.39, 0.29) is 17.7 Å². The Morgan fingerprint density at radius 2 is 1.95 bits per heavy atom.